The van der Waals surface area contributed by atoms with Crippen LogP contribution in [-0.2, 0) is 0 Å². The molecule has 1 aromatic rings. The van der Waals surface area contributed by atoms with Gasteiger partial charge in [-0.25, -0.2) is 0 Å². The molecule has 17 heavy (non-hydrogen) atoms. The van der Waals surface area contributed by atoms with Crippen molar-refractivity contribution in [2.24, 2.45) is 0 Å². The number of nitrogens with one attached hydrogen (secondary N) is 1. The molecule has 0 unspecified atom stereocenters. The Hall–Kier alpha value is -1.62. The summed E-state index contributed by atoms with van der Waals surface area (Å²) in [6, 6.07) is 1.40. The number of carbonyl (C=O) groups excluding carboxylic acids is 1. The highest BCUT2D eigenvalue weighted by Gasteiger charge is 2.06. The number of rotatable bonds is 6. The van der Waals surface area contributed by atoms with Crippen LogP contribution in [0.3, 0.4) is 0 Å². The van der Waals surface area contributed by atoms with E-state index >= 15 is 0 Å². The first-order chi connectivity index (χ1) is 8.17. The summed E-state index contributed by atoms with van der Waals surface area (Å²) in [4.78, 5) is 17.7. The Balaban J connectivity index is 2.40. The Morgan fingerprint density at radius 1 is 1.41 bits per heavy atom. The Morgan fingerprint density at radius 2 is 2.12 bits per heavy atom. The van der Waals surface area contributed by atoms with Gasteiger partial charge in [-0.2, -0.15) is 0 Å². The average Bonchev–Trinajstić information content (AvgIpc) is 2.34. The van der Waals surface area contributed by atoms with Crippen molar-refractivity contribution in [2.45, 2.75) is 13.8 Å². The maximum atomic E-state index is 11.7. The minimum absolute atomic E-state index is 0.00129. The van der Waals surface area contributed by atoms with Crippen molar-refractivity contribution in [1.29, 1.82) is 0 Å². The number of aromatic hydroxyl groups is 1. The van der Waals surface area contributed by atoms with E-state index in [9.17, 15) is 9.90 Å². The van der Waals surface area contributed by atoms with Gasteiger partial charge in [-0.15, -0.1) is 0 Å². The van der Waals surface area contributed by atoms with Gasteiger partial charge in [0.15, 0.2) is 0 Å². The lowest BCUT2D eigenvalue weighted by Gasteiger charge is -2.17. The molecule has 1 rings (SSSR count). The number of hydrogen-bond donors (Lipinski definition) is 2. The second-order valence-electron chi connectivity index (χ2n) is 3.71. The highest BCUT2D eigenvalue weighted by molar-refractivity contribution is 5.94. The van der Waals surface area contributed by atoms with Crippen LogP contribution in [0.1, 0.15) is 24.2 Å². The van der Waals surface area contributed by atoms with Crippen LogP contribution in [0.4, 0.5) is 0 Å². The van der Waals surface area contributed by atoms with Gasteiger partial charge in [-0.05, 0) is 19.2 Å². The summed E-state index contributed by atoms with van der Waals surface area (Å²) in [5, 5.41) is 12.0. The average molecular weight is 237 g/mol. The van der Waals surface area contributed by atoms with Crippen molar-refractivity contribution >= 4 is 5.91 Å². The second-order valence-corrected chi connectivity index (χ2v) is 3.71. The first-order valence-electron chi connectivity index (χ1n) is 5.82. The summed E-state index contributed by atoms with van der Waals surface area (Å²) in [6.45, 7) is 7.54. The number of nitrogens with zero attached hydrogens (tertiary/aromatic N) is 2. The lowest BCUT2D eigenvalue weighted by Crippen LogP contribution is -2.34. The third-order valence-electron chi connectivity index (χ3n) is 2.59. The van der Waals surface area contributed by atoms with Gasteiger partial charge in [0.1, 0.15) is 5.75 Å². The fourth-order valence-corrected chi connectivity index (χ4v) is 1.52. The molecular weight excluding hydrogens is 218 g/mol. The molecule has 0 aliphatic carbocycles. The summed E-state index contributed by atoms with van der Waals surface area (Å²) in [7, 11) is 0. The zero-order chi connectivity index (χ0) is 12.7. The summed E-state index contributed by atoms with van der Waals surface area (Å²) >= 11 is 0. The molecule has 0 radical (unpaired) electrons. The van der Waals surface area contributed by atoms with Crippen LogP contribution in [-0.4, -0.2) is 47.1 Å². The first-order valence-corrected chi connectivity index (χ1v) is 5.82. The maximum absolute atomic E-state index is 11.7. The molecule has 1 heterocycles. The van der Waals surface area contributed by atoms with Crippen molar-refractivity contribution in [2.75, 3.05) is 26.2 Å². The standard InChI is InChI=1S/C12H19N3O2/c1-3-15(4-2)6-5-14-12(17)10-7-11(16)9-13-8-10/h7-9,16H,3-6H2,1-2H3,(H,14,17). The summed E-state index contributed by atoms with van der Waals surface area (Å²) in [5.41, 5.74) is 0.379. The number of hydrogen-bond acceptors (Lipinski definition) is 4. The monoisotopic (exact) mass is 237 g/mol. The van der Waals surface area contributed by atoms with E-state index in [1.165, 1.54) is 18.5 Å². The highest BCUT2D eigenvalue weighted by atomic mass is 16.3. The molecule has 0 fully saturated rings. The van der Waals surface area contributed by atoms with Gasteiger partial charge < -0.3 is 15.3 Å². The summed E-state index contributed by atoms with van der Waals surface area (Å²) in [6.07, 6.45) is 2.74. The summed E-state index contributed by atoms with van der Waals surface area (Å²) < 4.78 is 0. The van der Waals surface area contributed by atoms with E-state index in [0.29, 0.717) is 12.1 Å². The van der Waals surface area contributed by atoms with E-state index in [0.717, 1.165) is 19.6 Å². The Morgan fingerprint density at radius 3 is 2.71 bits per heavy atom. The van der Waals surface area contributed by atoms with Crippen LogP contribution in [0.15, 0.2) is 18.5 Å². The zero-order valence-corrected chi connectivity index (χ0v) is 10.3. The summed E-state index contributed by atoms with van der Waals surface area (Å²) in [5.74, 6) is -0.207. The topological polar surface area (TPSA) is 65.5 Å². The molecule has 0 aliphatic heterocycles. The largest absolute Gasteiger partial charge is 0.506 e. The Bertz CT molecular complexity index is 365. The van der Waals surface area contributed by atoms with Crippen LogP contribution < -0.4 is 5.32 Å². The fourth-order valence-electron chi connectivity index (χ4n) is 1.52. The van der Waals surface area contributed by atoms with Crippen molar-refractivity contribution in [3.05, 3.63) is 24.0 Å². The van der Waals surface area contributed by atoms with Gasteiger partial charge in [0.2, 0.25) is 0 Å². The third kappa shape index (κ3) is 4.40. The van der Waals surface area contributed by atoms with Gasteiger partial charge in [0.25, 0.3) is 5.91 Å². The van der Waals surface area contributed by atoms with Crippen molar-refractivity contribution in [3.63, 3.8) is 0 Å². The van der Waals surface area contributed by atoms with E-state index in [-0.39, 0.29) is 11.7 Å². The van der Waals surface area contributed by atoms with Crippen LogP contribution in [0.25, 0.3) is 0 Å². The number of carbonyl (C=O) groups is 1. The smallest absolute Gasteiger partial charge is 0.253 e. The normalized spacial score (nSPS) is 10.5. The number of amides is 1. The van der Waals surface area contributed by atoms with Crippen molar-refractivity contribution < 1.29 is 9.90 Å². The molecule has 0 saturated carbocycles. The fraction of sp³-hybridized carbons (Fsp3) is 0.500. The SMILES string of the molecule is CCN(CC)CCNC(=O)c1cncc(O)c1. The van der Waals surface area contributed by atoms with E-state index < -0.39 is 0 Å². The molecule has 0 spiro atoms. The Kier molecular flexibility index (Phi) is 5.42. The highest BCUT2D eigenvalue weighted by Crippen LogP contribution is 2.07. The van der Waals surface area contributed by atoms with E-state index in [4.69, 9.17) is 0 Å². The van der Waals surface area contributed by atoms with E-state index in [2.05, 4.69) is 29.0 Å². The molecule has 0 aromatic carbocycles. The molecule has 2 N–H and O–H groups in total. The van der Waals surface area contributed by atoms with Crippen molar-refractivity contribution in [1.82, 2.24) is 15.2 Å². The van der Waals surface area contributed by atoms with Crippen molar-refractivity contribution in [3.8, 4) is 5.75 Å². The zero-order valence-electron chi connectivity index (χ0n) is 10.3. The van der Waals surface area contributed by atoms with E-state index in [1.807, 2.05) is 0 Å². The minimum Gasteiger partial charge on any atom is -0.506 e. The van der Waals surface area contributed by atoms with Crippen LogP contribution in [0.5, 0.6) is 5.75 Å². The van der Waals surface area contributed by atoms with Gasteiger partial charge in [-0.3, -0.25) is 9.78 Å². The molecule has 0 atom stereocenters. The molecule has 94 valence electrons. The van der Waals surface area contributed by atoms with Gasteiger partial charge in [0.05, 0.1) is 11.8 Å². The van der Waals surface area contributed by atoms with Crippen LogP contribution in [0.2, 0.25) is 0 Å². The molecule has 0 bridgehead atoms. The minimum atomic E-state index is -0.208. The molecular formula is C12H19N3O2. The molecule has 1 amide bonds. The number of aromatic nitrogens is 1. The van der Waals surface area contributed by atoms with Gasteiger partial charge >= 0.3 is 0 Å². The Labute approximate surface area is 101 Å². The molecule has 1 aromatic heterocycles. The van der Waals surface area contributed by atoms with E-state index in [1.54, 1.807) is 0 Å². The lowest BCUT2D eigenvalue weighted by molar-refractivity contribution is 0.0948. The quantitative estimate of drug-likeness (QED) is 0.770. The maximum Gasteiger partial charge on any atom is 0.253 e. The molecule has 0 saturated heterocycles. The lowest BCUT2D eigenvalue weighted by atomic mass is 10.2. The second kappa shape index (κ2) is 6.85. The molecule has 5 nitrogen and oxygen atoms in total. The van der Waals surface area contributed by atoms with Gasteiger partial charge in [0, 0.05) is 19.3 Å². The third-order valence-corrected chi connectivity index (χ3v) is 2.59. The number of likely N-dealkylation sites (N-methyl/N-ethyl adjacent to an activating group) is 1. The predicted octanol–water partition coefficient (Wildman–Crippen LogP) is 0.859. The van der Waals surface area contributed by atoms with Gasteiger partial charge in [-0.1, -0.05) is 13.8 Å². The molecule has 0 aliphatic rings. The first kappa shape index (κ1) is 13.4. The van der Waals surface area contributed by atoms with Crippen LogP contribution in [0, 0.1) is 0 Å². The van der Waals surface area contributed by atoms with Crippen LogP contribution >= 0.6 is 0 Å². The predicted molar refractivity (Wildman–Crippen MR) is 66.0 cm³/mol. The molecule has 5 heteroatoms. The number of pyridine rings is 1.